The average Bonchev–Trinajstić information content (AvgIpc) is 3.24. The number of nitrogens with two attached hydrogens (primary N) is 1. The molecule has 2 aromatic rings. The number of rotatable bonds is 6. The predicted molar refractivity (Wildman–Crippen MR) is 138 cm³/mol. The number of nitrogen functional groups attached to an aromatic ring is 1. The van der Waals surface area contributed by atoms with Crippen LogP contribution in [0.5, 0.6) is 0 Å². The lowest BCUT2D eigenvalue weighted by Gasteiger charge is -2.19. The van der Waals surface area contributed by atoms with Gasteiger partial charge in [0.2, 0.25) is 12.1 Å². The molecule has 3 rings (SSSR count). The maximum absolute atomic E-state index is 12.1. The van der Waals surface area contributed by atoms with E-state index in [-0.39, 0.29) is 11.7 Å². The first-order valence-corrected chi connectivity index (χ1v) is 11.2. The van der Waals surface area contributed by atoms with Crippen LogP contribution in [0.25, 0.3) is 11.3 Å². The summed E-state index contributed by atoms with van der Waals surface area (Å²) in [7, 11) is 5.24. The van der Waals surface area contributed by atoms with Crippen LogP contribution in [-0.2, 0) is 4.74 Å². The number of nitrogens with zero attached hydrogens (tertiary/aromatic N) is 5. The highest BCUT2D eigenvalue weighted by atomic mass is 16.5. The van der Waals surface area contributed by atoms with Crippen molar-refractivity contribution in [1.82, 2.24) is 19.9 Å². The maximum atomic E-state index is 12.1. The molecule has 34 heavy (non-hydrogen) atoms. The number of hydrogen-bond acceptors (Lipinski definition) is 7. The Morgan fingerprint density at radius 3 is 2.41 bits per heavy atom. The van der Waals surface area contributed by atoms with Gasteiger partial charge in [-0.1, -0.05) is 50.3 Å². The molecule has 1 aromatic carbocycles. The van der Waals surface area contributed by atoms with Gasteiger partial charge in [0.25, 0.3) is 5.91 Å². The zero-order valence-electron chi connectivity index (χ0n) is 21.0. The predicted octanol–water partition coefficient (Wildman–Crippen LogP) is 4.81. The second-order valence-electron chi connectivity index (χ2n) is 7.38. The number of amides is 1. The summed E-state index contributed by atoms with van der Waals surface area (Å²) in [5.41, 5.74) is 9.51. The van der Waals surface area contributed by atoms with Gasteiger partial charge in [0.15, 0.2) is 5.82 Å². The van der Waals surface area contributed by atoms with E-state index in [1.165, 1.54) is 4.90 Å². The minimum absolute atomic E-state index is 0.0606. The molecular formula is C26H34N6O2. The third-order valence-electron chi connectivity index (χ3n) is 4.85. The minimum atomic E-state index is -0.600. The summed E-state index contributed by atoms with van der Waals surface area (Å²) in [6, 6.07) is 7.21. The highest BCUT2D eigenvalue weighted by Crippen LogP contribution is 2.31. The summed E-state index contributed by atoms with van der Waals surface area (Å²) in [6.45, 7) is 7.88. The second kappa shape index (κ2) is 12.3. The molecule has 2 N–H and O–H groups in total. The zero-order valence-corrected chi connectivity index (χ0v) is 21.0. The van der Waals surface area contributed by atoms with Crippen molar-refractivity contribution >= 4 is 17.6 Å². The fourth-order valence-corrected chi connectivity index (χ4v) is 3.10. The Hall–Kier alpha value is -3.94. The standard InChI is InChI=1S/C24H28N6O2.C2H6/c1-6-8-9-10-16(7-2)22-28-30(5)24(32-22)20-21(25)26-15-19(27-20)17-11-13-18(14-12-17)23(31)29(3)4;1-2/h6-15,24H,1-5H3,(H2,25,26);1-2H3/b8-6-,10-9-,16-7-;. The van der Waals surface area contributed by atoms with Gasteiger partial charge in [0, 0.05) is 37.8 Å². The van der Waals surface area contributed by atoms with Crippen LogP contribution < -0.4 is 5.73 Å². The largest absolute Gasteiger partial charge is 0.444 e. The first-order valence-electron chi connectivity index (χ1n) is 11.2. The van der Waals surface area contributed by atoms with Gasteiger partial charge >= 0.3 is 0 Å². The van der Waals surface area contributed by atoms with E-state index in [9.17, 15) is 4.79 Å². The number of benzene rings is 1. The van der Waals surface area contributed by atoms with E-state index in [1.807, 2.05) is 70.2 Å². The molecule has 0 fully saturated rings. The van der Waals surface area contributed by atoms with Crippen molar-refractivity contribution in [2.75, 3.05) is 26.9 Å². The van der Waals surface area contributed by atoms with Crippen LogP contribution in [0.3, 0.4) is 0 Å². The molecule has 1 atom stereocenters. The molecule has 0 saturated carbocycles. The van der Waals surface area contributed by atoms with Crippen LogP contribution in [0.2, 0.25) is 0 Å². The van der Waals surface area contributed by atoms with Gasteiger partial charge in [-0.3, -0.25) is 9.80 Å². The van der Waals surface area contributed by atoms with Crippen LogP contribution in [0.1, 0.15) is 50.0 Å². The molecule has 180 valence electrons. The number of hydrazone groups is 1. The summed E-state index contributed by atoms with van der Waals surface area (Å²) >= 11 is 0. The van der Waals surface area contributed by atoms with Gasteiger partial charge in [-0.25, -0.2) is 9.97 Å². The molecular weight excluding hydrogens is 428 g/mol. The fraction of sp³-hybridized carbons (Fsp3) is 0.308. The lowest BCUT2D eigenvalue weighted by Crippen LogP contribution is -2.21. The Balaban J connectivity index is 0.00000199. The van der Waals surface area contributed by atoms with Crippen LogP contribution >= 0.6 is 0 Å². The van der Waals surface area contributed by atoms with E-state index < -0.39 is 6.23 Å². The molecule has 1 aliphatic rings. The van der Waals surface area contributed by atoms with Crippen molar-refractivity contribution in [2.45, 2.75) is 33.9 Å². The van der Waals surface area contributed by atoms with Crippen molar-refractivity contribution in [2.24, 2.45) is 5.10 Å². The third-order valence-corrected chi connectivity index (χ3v) is 4.85. The molecule has 0 aliphatic carbocycles. The SMILES string of the molecule is CC.C\C=C/C=C\C(=C\C)C1=NN(C)C(c2nc(-c3ccc(C(=O)N(C)C)cc3)cnc2N)O1. The topological polar surface area (TPSA) is 96.9 Å². The number of ether oxygens (including phenoxy) is 1. The Bertz CT molecular complexity index is 1100. The van der Waals surface area contributed by atoms with Crippen molar-refractivity contribution in [3.05, 3.63) is 77.7 Å². The molecule has 1 aliphatic heterocycles. The number of carbonyl (C=O) groups is 1. The van der Waals surface area contributed by atoms with Crippen molar-refractivity contribution in [3.8, 4) is 11.3 Å². The van der Waals surface area contributed by atoms with Crippen LogP contribution in [0, 0.1) is 0 Å². The molecule has 2 heterocycles. The van der Waals surface area contributed by atoms with Gasteiger partial charge in [-0.05, 0) is 32.1 Å². The summed E-state index contributed by atoms with van der Waals surface area (Å²) < 4.78 is 6.09. The van der Waals surface area contributed by atoms with Gasteiger partial charge in [0.05, 0.1) is 11.9 Å². The van der Waals surface area contributed by atoms with Gasteiger partial charge in [0.1, 0.15) is 5.69 Å². The summed E-state index contributed by atoms with van der Waals surface area (Å²) in [5.74, 6) is 0.696. The molecule has 1 aromatic heterocycles. The second-order valence-corrected chi connectivity index (χ2v) is 7.38. The first-order chi connectivity index (χ1) is 16.3. The van der Waals surface area contributed by atoms with Crippen molar-refractivity contribution in [3.63, 3.8) is 0 Å². The zero-order chi connectivity index (χ0) is 25.3. The molecule has 1 amide bonds. The Morgan fingerprint density at radius 2 is 1.82 bits per heavy atom. The van der Waals surface area contributed by atoms with E-state index in [0.717, 1.165) is 11.1 Å². The van der Waals surface area contributed by atoms with E-state index >= 15 is 0 Å². The monoisotopic (exact) mass is 462 g/mol. The third kappa shape index (κ3) is 6.10. The molecule has 8 heteroatoms. The Morgan fingerprint density at radius 1 is 1.15 bits per heavy atom. The van der Waals surface area contributed by atoms with Gasteiger partial charge in [-0.2, -0.15) is 0 Å². The average molecular weight is 463 g/mol. The number of anilines is 1. The van der Waals surface area contributed by atoms with Crippen molar-refractivity contribution in [1.29, 1.82) is 0 Å². The van der Waals surface area contributed by atoms with Gasteiger partial charge < -0.3 is 15.4 Å². The normalized spacial score (nSPS) is 15.7. The van der Waals surface area contributed by atoms with Crippen molar-refractivity contribution < 1.29 is 9.53 Å². The van der Waals surface area contributed by atoms with Crippen LogP contribution in [0.15, 0.2) is 71.5 Å². The molecule has 8 nitrogen and oxygen atoms in total. The molecule has 0 radical (unpaired) electrons. The lowest BCUT2D eigenvalue weighted by molar-refractivity contribution is 0.0744. The molecule has 1 unspecified atom stereocenters. The Labute approximate surface area is 202 Å². The van der Waals surface area contributed by atoms with E-state index in [0.29, 0.717) is 22.8 Å². The first kappa shape index (κ1) is 26.3. The highest BCUT2D eigenvalue weighted by molar-refractivity contribution is 5.97. The highest BCUT2D eigenvalue weighted by Gasteiger charge is 2.31. The molecule has 0 bridgehead atoms. The number of aromatic nitrogens is 2. The van der Waals surface area contributed by atoms with E-state index in [4.69, 9.17) is 15.5 Å². The fourth-order valence-electron chi connectivity index (χ4n) is 3.10. The number of hydrogen-bond donors (Lipinski definition) is 1. The maximum Gasteiger partial charge on any atom is 0.253 e. The number of allylic oxidation sites excluding steroid dienone is 4. The molecule has 0 saturated heterocycles. The van der Waals surface area contributed by atoms with E-state index in [1.54, 1.807) is 44.5 Å². The number of carbonyl (C=O) groups excluding carboxylic acids is 1. The minimum Gasteiger partial charge on any atom is -0.444 e. The smallest absolute Gasteiger partial charge is 0.253 e. The summed E-state index contributed by atoms with van der Waals surface area (Å²) in [6.07, 6.45) is 10.7. The van der Waals surface area contributed by atoms with E-state index in [2.05, 4.69) is 10.1 Å². The summed E-state index contributed by atoms with van der Waals surface area (Å²) in [5, 5.41) is 6.18. The Kier molecular flexibility index (Phi) is 9.55. The molecule has 0 spiro atoms. The van der Waals surface area contributed by atoms with Crippen LogP contribution in [-0.4, -0.2) is 52.8 Å². The lowest BCUT2D eigenvalue weighted by atomic mass is 10.1. The quantitative estimate of drug-likeness (QED) is 0.619. The van der Waals surface area contributed by atoms with Crippen LogP contribution in [0.4, 0.5) is 5.82 Å². The van der Waals surface area contributed by atoms with Gasteiger partial charge in [-0.15, -0.1) is 5.10 Å². The summed E-state index contributed by atoms with van der Waals surface area (Å²) in [4.78, 5) is 22.7.